The predicted octanol–water partition coefficient (Wildman–Crippen LogP) is 4.08. The largest absolute Gasteiger partial charge is 0.538 e. The molecule has 0 fully saturated rings. The number of thioether (sulfide) groups is 1. The maximum absolute atomic E-state index is 5.92. The first-order chi connectivity index (χ1) is 7.51. The molecule has 0 aliphatic heterocycles. The van der Waals surface area contributed by atoms with Gasteiger partial charge in [-0.3, -0.25) is 0 Å². The van der Waals surface area contributed by atoms with Gasteiger partial charge >= 0.3 is 0 Å². The summed E-state index contributed by atoms with van der Waals surface area (Å²) in [5.41, 5.74) is 0. The fourth-order valence-corrected chi connectivity index (χ4v) is 3.31. The van der Waals surface area contributed by atoms with Crippen molar-refractivity contribution in [2.24, 2.45) is 0 Å². The van der Waals surface area contributed by atoms with Gasteiger partial charge in [0.2, 0.25) is 8.32 Å². The van der Waals surface area contributed by atoms with E-state index >= 15 is 0 Å². The summed E-state index contributed by atoms with van der Waals surface area (Å²) in [5.74, 6) is 0. The van der Waals surface area contributed by atoms with Crippen LogP contribution in [-0.4, -0.2) is 15.4 Å². The molecular formula is C12H18O2SSi. The van der Waals surface area contributed by atoms with Gasteiger partial charge in [-0.15, -0.1) is 0 Å². The Morgan fingerprint density at radius 3 is 2.31 bits per heavy atom. The van der Waals surface area contributed by atoms with E-state index in [1.165, 1.54) is 0 Å². The minimum atomic E-state index is -1.58. The summed E-state index contributed by atoms with van der Waals surface area (Å²) in [7, 11) is 0.0575. The summed E-state index contributed by atoms with van der Waals surface area (Å²) in [6.45, 7) is 6.46. The van der Waals surface area contributed by atoms with Crippen LogP contribution in [0.5, 0.6) is 0 Å². The van der Waals surface area contributed by atoms with Gasteiger partial charge in [-0.1, -0.05) is 30.0 Å². The molecule has 0 atom stereocenters. The predicted molar refractivity (Wildman–Crippen MR) is 71.8 cm³/mol. The van der Waals surface area contributed by atoms with Crippen LogP contribution in [0.3, 0.4) is 0 Å². The molecule has 0 radical (unpaired) electrons. The molecule has 0 saturated carbocycles. The van der Waals surface area contributed by atoms with Crippen molar-refractivity contribution in [1.29, 1.82) is 0 Å². The maximum atomic E-state index is 5.92. The Labute approximate surface area is 103 Å². The molecule has 0 N–H and O–H groups in total. The summed E-state index contributed by atoms with van der Waals surface area (Å²) < 4.78 is 11.0. The van der Waals surface area contributed by atoms with Crippen molar-refractivity contribution in [1.82, 2.24) is 0 Å². The topological polar surface area (TPSA) is 18.5 Å². The molecule has 0 bridgehead atoms. The molecule has 1 rings (SSSR count). The highest BCUT2D eigenvalue weighted by atomic mass is 32.2. The zero-order valence-electron chi connectivity index (χ0n) is 10.2. The van der Waals surface area contributed by atoms with Gasteiger partial charge in [-0.25, -0.2) is 0 Å². The molecule has 0 amide bonds. The highest BCUT2D eigenvalue weighted by Gasteiger charge is 2.18. The maximum Gasteiger partial charge on any atom is 0.243 e. The van der Waals surface area contributed by atoms with Crippen LogP contribution in [0.25, 0.3) is 0 Å². The van der Waals surface area contributed by atoms with E-state index < -0.39 is 8.32 Å². The molecule has 2 nitrogen and oxygen atoms in total. The number of rotatable bonds is 5. The minimum Gasteiger partial charge on any atom is -0.538 e. The molecule has 4 heteroatoms. The van der Waals surface area contributed by atoms with E-state index in [9.17, 15) is 0 Å². The highest BCUT2D eigenvalue weighted by molar-refractivity contribution is 8.03. The van der Waals surface area contributed by atoms with Gasteiger partial charge in [-0.05, 0) is 31.8 Å². The first-order valence-electron chi connectivity index (χ1n) is 5.16. The van der Waals surface area contributed by atoms with E-state index in [1.807, 2.05) is 18.2 Å². The Morgan fingerprint density at radius 2 is 1.81 bits per heavy atom. The van der Waals surface area contributed by atoms with Gasteiger partial charge in [0.25, 0.3) is 0 Å². The van der Waals surface area contributed by atoms with Gasteiger partial charge in [0.15, 0.2) is 5.09 Å². The summed E-state index contributed by atoms with van der Waals surface area (Å²) in [6.07, 6.45) is 1.66. The third-order valence-electron chi connectivity index (χ3n) is 1.58. The third-order valence-corrected chi connectivity index (χ3v) is 3.45. The van der Waals surface area contributed by atoms with Gasteiger partial charge in [0, 0.05) is 4.90 Å². The minimum absolute atomic E-state index is 0.827. The zero-order chi connectivity index (χ0) is 12.0. The second-order valence-electron chi connectivity index (χ2n) is 4.30. The van der Waals surface area contributed by atoms with E-state index in [1.54, 1.807) is 25.1 Å². The molecule has 1 aromatic rings. The van der Waals surface area contributed by atoms with Crippen molar-refractivity contribution in [3.8, 4) is 0 Å². The number of ether oxygens (including phenoxy) is 1. The molecule has 1 aromatic carbocycles. The molecule has 0 saturated heterocycles. The fourth-order valence-electron chi connectivity index (χ4n) is 1.07. The van der Waals surface area contributed by atoms with Crippen LogP contribution in [0.1, 0.15) is 0 Å². The average molecular weight is 254 g/mol. The van der Waals surface area contributed by atoms with Crippen LogP contribution >= 0.6 is 11.8 Å². The summed E-state index contributed by atoms with van der Waals surface area (Å²) in [5, 5.41) is 0.827. The zero-order valence-corrected chi connectivity index (χ0v) is 12.0. The van der Waals surface area contributed by atoms with Crippen LogP contribution in [0.15, 0.2) is 46.6 Å². The Morgan fingerprint density at radius 1 is 1.19 bits per heavy atom. The van der Waals surface area contributed by atoms with Crippen LogP contribution in [-0.2, 0) is 9.16 Å². The second kappa shape index (κ2) is 6.01. The lowest BCUT2D eigenvalue weighted by Gasteiger charge is -2.20. The summed E-state index contributed by atoms with van der Waals surface area (Å²) in [6, 6.07) is 10.1. The average Bonchev–Trinajstić information content (AvgIpc) is 2.17. The number of hydrogen-bond acceptors (Lipinski definition) is 3. The van der Waals surface area contributed by atoms with Crippen molar-refractivity contribution in [2.75, 3.05) is 7.11 Å². The van der Waals surface area contributed by atoms with E-state index in [0.29, 0.717) is 0 Å². The molecule has 0 spiro atoms. The van der Waals surface area contributed by atoms with Crippen LogP contribution in [0.2, 0.25) is 19.6 Å². The summed E-state index contributed by atoms with van der Waals surface area (Å²) >= 11 is 1.59. The van der Waals surface area contributed by atoms with E-state index in [-0.39, 0.29) is 0 Å². The first-order valence-corrected chi connectivity index (χ1v) is 9.38. The van der Waals surface area contributed by atoms with Crippen molar-refractivity contribution in [2.45, 2.75) is 24.5 Å². The molecule has 88 valence electrons. The number of benzene rings is 1. The van der Waals surface area contributed by atoms with Gasteiger partial charge in [-0.2, -0.15) is 0 Å². The molecule has 0 aromatic heterocycles. The monoisotopic (exact) mass is 254 g/mol. The SMILES string of the molecule is CO/C=C(/O[Si](C)(C)C)Sc1ccccc1. The molecule has 16 heavy (non-hydrogen) atoms. The van der Waals surface area contributed by atoms with Crippen LogP contribution in [0.4, 0.5) is 0 Å². The second-order valence-corrected chi connectivity index (χ2v) is 9.81. The lowest BCUT2D eigenvalue weighted by Crippen LogP contribution is -2.24. The highest BCUT2D eigenvalue weighted by Crippen LogP contribution is 2.29. The van der Waals surface area contributed by atoms with Crippen LogP contribution < -0.4 is 0 Å². The Hall–Kier alpha value is -0.873. The van der Waals surface area contributed by atoms with Crippen molar-refractivity contribution in [3.05, 3.63) is 41.7 Å². The molecule has 0 aliphatic rings. The van der Waals surface area contributed by atoms with Crippen molar-refractivity contribution in [3.63, 3.8) is 0 Å². The molecular weight excluding hydrogens is 236 g/mol. The standard InChI is InChI=1S/C12H18O2SSi/c1-13-10-12(14-16(2,3)4)15-11-8-6-5-7-9-11/h5-10H,1-4H3/b12-10-. The Balaban J connectivity index is 2.70. The molecule has 0 heterocycles. The van der Waals surface area contributed by atoms with Gasteiger partial charge in [0.1, 0.15) is 6.26 Å². The van der Waals surface area contributed by atoms with Gasteiger partial charge in [0.05, 0.1) is 7.11 Å². The quantitative estimate of drug-likeness (QED) is 0.448. The lowest BCUT2D eigenvalue weighted by molar-refractivity contribution is 0.314. The Bertz CT molecular complexity index is 344. The first kappa shape index (κ1) is 13.2. The van der Waals surface area contributed by atoms with E-state index in [0.717, 1.165) is 9.99 Å². The Kier molecular flexibility index (Phi) is 4.95. The smallest absolute Gasteiger partial charge is 0.243 e. The van der Waals surface area contributed by atoms with Crippen molar-refractivity contribution >= 4 is 20.1 Å². The lowest BCUT2D eigenvalue weighted by atomic mass is 10.4. The summed E-state index contributed by atoms with van der Waals surface area (Å²) in [4.78, 5) is 1.16. The molecule has 0 unspecified atom stereocenters. The van der Waals surface area contributed by atoms with E-state index in [4.69, 9.17) is 9.16 Å². The van der Waals surface area contributed by atoms with E-state index in [2.05, 4.69) is 31.8 Å². The van der Waals surface area contributed by atoms with Crippen LogP contribution in [0, 0.1) is 0 Å². The van der Waals surface area contributed by atoms with Crippen molar-refractivity contribution < 1.29 is 9.16 Å². The normalized spacial score (nSPS) is 12.4. The number of methoxy groups -OCH3 is 1. The fraction of sp³-hybridized carbons (Fsp3) is 0.333. The third kappa shape index (κ3) is 5.28. The number of hydrogen-bond donors (Lipinski definition) is 0. The molecule has 0 aliphatic carbocycles. The van der Waals surface area contributed by atoms with Gasteiger partial charge < -0.3 is 9.16 Å².